The van der Waals surface area contributed by atoms with Gasteiger partial charge >= 0.3 is 6.18 Å². The minimum atomic E-state index is -4.77. The number of hydrogen-bond donors (Lipinski definition) is 1. The zero-order valence-corrected chi connectivity index (χ0v) is 7.62. The number of rotatable bonds is 2. The standard InChI is InChI=1S/C8H5F3N2O3/c9-8(10,11)5-1-4(3-14)7(12)6(2-5)13(15)16/h1-3H,12H2. The van der Waals surface area contributed by atoms with Crippen molar-refractivity contribution in [3.05, 3.63) is 33.4 Å². The van der Waals surface area contributed by atoms with Gasteiger partial charge in [-0.2, -0.15) is 13.2 Å². The number of alkyl halides is 3. The van der Waals surface area contributed by atoms with Gasteiger partial charge in [-0.15, -0.1) is 0 Å². The number of hydrogen-bond acceptors (Lipinski definition) is 4. The Morgan fingerprint density at radius 1 is 1.38 bits per heavy atom. The van der Waals surface area contributed by atoms with Crippen LogP contribution in [-0.2, 0) is 6.18 Å². The predicted octanol–water partition coefficient (Wildman–Crippen LogP) is 2.01. The maximum absolute atomic E-state index is 12.3. The second-order valence-electron chi connectivity index (χ2n) is 2.87. The summed E-state index contributed by atoms with van der Waals surface area (Å²) in [6.45, 7) is 0. The normalized spacial score (nSPS) is 11.2. The number of nitrogens with two attached hydrogens (primary N) is 1. The highest BCUT2D eigenvalue weighted by atomic mass is 19.4. The Kier molecular flexibility index (Phi) is 2.84. The number of halogens is 3. The first-order valence-corrected chi connectivity index (χ1v) is 3.87. The van der Waals surface area contributed by atoms with E-state index in [1.807, 2.05) is 0 Å². The molecule has 86 valence electrons. The van der Waals surface area contributed by atoms with E-state index in [4.69, 9.17) is 5.73 Å². The Labute approximate surface area is 86.8 Å². The summed E-state index contributed by atoms with van der Waals surface area (Å²) in [4.78, 5) is 19.8. The van der Waals surface area contributed by atoms with Crippen LogP contribution in [0.4, 0.5) is 24.5 Å². The van der Waals surface area contributed by atoms with E-state index in [2.05, 4.69) is 0 Å². The predicted molar refractivity (Wildman–Crippen MR) is 47.9 cm³/mol. The zero-order chi connectivity index (χ0) is 12.5. The minimum absolute atomic E-state index is 0.0393. The monoisotopic (exact) mass is 234 g/mol. The van der Waals surface area contributed by atoms with Crippen molar-refractivity contribution in [3.63, 3.8) is 0 Å². The van der Waals surface area contributed by atoms with Crippen LogP contribution in [0.2, 0.25) is 0 Å². The molecule has 0 radical (unpaired) electrons. The van der Waals surface area contributed by atoms with E-state index < -0.39 is 33.6 Å². The first-order chi connectivity index (χ1) is 7.27. The van der Waals surface area contributed by atoms with Gasteiger partial charge in [0.15, 0.2) is 6.29 Å². The fourth-order valence-electron chi connectivity index (χ4n) is 1.07. The molecule has 0 fully saturated rings. The van der Waals surface area contributed by atoms with Crippen LogP contribution in [-0.4, -0.2) is 11.2 Å². The second-order valence-corrected chi connectivity index (χ2v) is 2.87. The van der Waals surface area contributed by atoms with Crippen LogP contribution in [0.5, 0.6) is 0 Å². The SMILES string of the molecule is Nc1c(C=O)cc(C(F)(F)F)cc1[N+](=O)[O-]. The molecule has 0 saturated carbocycles. The van der Waals surface area contributed by atoms with Crippen molar-refractivity contribution in [3.8, 4) is 0 Å². The molecule has 0 aliphatic heterocycles. The number of nitro benzene ring substituents is 1. The molecule has 0 unspecified atom stereocenters. The Morgan fingerprint density at radius 2 is 1.94 bits per heavy atom. The van der Waals surface area contributed by atoms with Gasteiger partial charge in [0.2, 0.25) is 0 Å². The Morgan fingerprint density at radius 3 is 2.31 bits per heavy atom. The summed E-state index contributed by atoms with van der Waals surface area (Å²) in [5, 5.41) is 10.4. The fourth-order valence-corrected chi connectivity index (χ4v) is 1.07. The second kappa shape index (κ2) is 3.80. The lowest BCUT2D eigenvalue weighted by molar-refractivity contribution is -0.384. The molecule has 0 aliphatic carbocycles. The number of nitro groups is 1. The largest absolute Gasteiger partial charge is 0.416 e. The van der Waals surface area contributed by atoms with E-state index in [0.29, 0.717) is 12.1 Å². The van der Waals surface area contributed by atoms with Crippen LogP contribution < -0.4 is 5.73 Å². The molecule has 0 saturated heterocycles. The molecule has 0 heterocycles. The van der Waals surface area contributed by atoms with Crippen molar-refractivity contribution in [2.45, 2.75) is 6.18 Å². The highest BCUT2D eigenvalue weighted by Gasteiger charge is 2.34. The van der Waals surface area contributed by atoms with Gasteiger partial charge in [-0.1, -0.05) is 0 Å². The summed E-state index contributed by atoms with van der Waals surface area (Å²) in [6.07, 6.45) is -4.73. The van der Waals surface area contributed by atoms with Gasteiger partial charge in [0.25, 0.3) is 5.69 Å². The molecule has 0 aromatic heterocycles. The molecule has 1 aromatic carbocycles. The van der Waals surface area contributed by atoms with Crippen molar-refractivity contribution in [1.82, 2.24) is 0 Å². The number of carbonyl (C=O) groups is 1. The van der Waals surface area contributed by atoms with E-state index in [0.717, 1.165) is 0 Å². The Bertz CT molecular complexity index is 457. The topological polar surface area (TPSA) is 86.2 Å². The minimum Gasteiger partial charge on any atom is -0.393 e. The molecule has 0 spiro atoms. The van der Waals surface area contributed by atoms with Crippen LogP contribution >= 0.6 is 0 Å². The first kappa shape index (κ1) is 12.0. The van der Waals surface area contributed by atoms with Crippen LogP contribution in [0.25, 0.3) is 0 Å². The van der Waals surface area contributed by atoms with Gasteiger partial charge in [0, 0.05) is 11.6 Å². The van der Waals surface area contributed by atoms with E-state index in [1.54, 1.807) is 0 Å². The molecule has 5 nitrogen and oxygen atoms in total. The third kappa shape index (κ3) is 2.10. The van der Waals surface area contributed by atoms with E-state index in [1.165, 1.54) is 0 Å². The van der Waals surface area contributed by atoms with Gasteiger partial charge in [-0.3, -0.25) is 14.9 Å². The maximum Gasteiger partial charge on any atom is 0.416 e. The molecular weight excluding hydrogens is 229 g/mol. The first-order valence-electron chi connectivity index (χ1n) is 3.87. The molecule has 0 amide bonds. The lowest BCUT2D eigenvalue weighted by Crippen LogP contribution is -2.09. The average Bonchev–Trinajstić information content (AvgIpc) is 2.15. The van der Waals surface area contributed by atoms with Gasteiger partial charge < -0.3 is 5.73 Å². The average molecular weight is 234 g/mol. The van der Waals surface area contributed by atoms with Crippen molar-refractivity contribution in [2.24, 2.45) is 0 Å². The molecule has 0 atom stereocenters. The number of benzene rings is 1. The van der Waals surface area contributed by atoms with Crippen LogP contribution in [0.1, 0.15) is 15.9 Å². The van der Waals surface area contributed by atoms with E-state index >= 15 is 0 Å². The molecule has 8 heteroatoms. The van der Waals surface area contributed by atoms with Crippen molar-refractivity contribution >= 4 is 17.7 Å². The lowest BCUT2D eigenvalue weighted by atomic mass is 10.1. The van der Waals surface area contributed by atoms with Crippen molar-refractivity contribution < 1.29 is 22.9 Å². The van der Waals surface area contributed by atoms with Gasteiger partial charge in [0.05, 0.1) is 10.5 Å². The Balaban J connectivity index is 3.52. The quantitative estimate of drug-likeness (QED) is 0.367. The van der Waals surface area contributed by atoms with Crippen LogP contribution in [0.15, 0.2) is 12.1 Å². The molecule has 0 aliphatic rings. The van der Waals surface area contributed by atoms with E-state index in [9.17, 15) is 28.1 Å². The summed E-state index contributed by atoms with van der Waals surface area (Å²) >= 11 is 0. The molecule has 16 heavy (non-hydrogen) atoms. The van der Waals surface area contributed by atoms with Crippen molar-refractivity contribution in [1.29, 1.82) is 0 Å². The molecule has 2 N–H and O–H groups in total. The Hall–Kier alpha value is -2.12. The van der Waals surface area contributed by atoms with E-state index in [-0.39, 0.29) is 6.29 Å². The molecule has 0 bridgehead atoms. The number of anilines is 1. The molecule has 1 aromatic rings. The summed E-state index contributed by atoms with van der Waals surface area (Å²) in [5.74, 6) is 0. The van der Waals surface area contributed by atoms with Crippen LogP contribution in [0, 0.1) is 10.1 Å². The van der Waals surface area contributed by atoms with Gasteiger partial charge in [-0.05, 0) is 6.07 Å². The van der Waals surface area contributed by atoms with Gasteiger partial charge in [-0.25, -0.2) is 0 Å². The fraction of sp³-hybridized carbons (Fsp3) is 0.125. The lowest BCUT2D eigenvalue weighted by Gasteiger charge is -2.08. The number of carbonyl (C=O) groups excluding carboxylic acids is 1. The number of nitrogen functional groups attached to an aromatic ring is 1. The third-order valence-electron chi connectivity index (χ3n) is 1.84. The summed E-state index contributed by atoms with van der Waals surface area (Å²) in [6, 6.07) is 0.762. The highest BCUT2D eigenvalue weighted by Crippen LogP contribution is 2.35. The zero-order valence-electron chi connectivity index (χ0n) is 7.62. The third-order valence-corrected chi connectivity index (χ3v) is 1.84. The maximum atomic E-state index is 12.3. The van der Waals surface area contributed by atoms with Crippen LogP contribution in [0.3, 0.4) is 0 Å². The smallest absolute Gasteiger partial charge is 0.393 e. The number of aldehydes is 1. The van der Waals surface area contributed by atoms with Crippen molar-refractivity contribution in [2.75, 3.05) is 5.73 Å². The summed E-state index contributed by atoms with van der Waals surface area (Å²) in [7, 11) is 0. The highest BCUT2D eigenvalue weighted by molar-refractivity contribution is 5.87. The molecular formula is C8H5F3N2O3. The summed E-state index contributed by atoms with van der Waals surface area (Å²) < 4.78 is 36.9. The summed E-state index contributed by atoms with van der Waals surface area (Å²) in [5.41, 5.74) is 1.82. The molecule has 1 rings (SSSR count). The number of nitrogens with zero attached hydrogens (tertiary/aromatic N) is 1. The van der Waals surface area contributed by atoms with Gasteiger partial charge in [0.1, 0.15) is 5.69 Å².